The average molecular weight is 271 g/mol. The molecule has 1 N–H and O–H groups in total. The molecule has 0 amide bonds. The Hall–Kier alpha value is -2.63. The number of nitrogens with zero attached hydrogens (tertiary/aromatic N) is 2. The summed E-state index contributed by atoms with van der Waals surface area (Å²) in [5, 5.41) is 0. The second kappa shape index (κ2) is 4.48. The van der Waals surface area contributed by atoms with Crippen LogP contribution in [0.4, 0.5) is 0 Å². The summed E-state index contributed by atoms with van der Waals surface area (Å²) in [7, 11) is 0. The zero-order chi connectivity index (χ0) is 14.3. The van der Waals surface area contributed by atoms with E-state index in [1.165, 1.54) is 0 Å². The SMILES string of the molecule is CCOC(=O)c1nc2c(=O)[nH]c3ccccc3n2c1C. The fourth-order valence-corrected chi connectivity index (χ4v) is 2.29. The molecule has 1 aromatic carbocycles. The fraction of sp³-hybridized carbons (Fsp3) is 0.214. The summed E-state index contributed by atoms with van der Waals surface area (Å²) in [6, 6.07) is 7.37. The van der Waals surface area contributed by atoms with E-state index in [0.717, 1.165) is 5.52 Å². The number of aromatic nitrogens is 3. The first kappa shape index (κ1) is 12.4. The van der Waals surface area contributed by atoms with Gasteiger partial charge in [-0.2, -0.15) is 0 Å². The average Bonchev–Trinajstić information content (AvgIpc) is 2.78. The maximum atomic E-state index is 12.0. The van der Waals surface area contributed by atoms with Gasteiger partial charge >= 0.3 is 5.97 Å². The Morgan fingerprint density at radius 3 is 2.90 bits per heavy atom. The van der Waals surface area contributed by atoms with Crippen LogP contribution in [0.25, 0.3) is 16.7 Å². The Morgan fingerprint density at radius 2 is 2.15 bits per heavy atom. The zero-order valence-corrected chi connectivity index (χ0v) is 11.1. The third kappa shape index (κ3) is 1.69. The van der Waals surface area contributed by atoms with Crippen LogP contribution in [-0.4, -0.2) is 26.9 Å². The highest BCUT2D eigenvalue weighted by Gasteiger charge is 2.20. The maximum Gasteiger partial charge on any atom is 0.358 e. The molecule has 0 fully saturated rings. The number of ether oxygens (including phenoxy) is 1. The minimum Gasteiger partial charge on any atom is -0.461 e. The molecule has 2 aromatic heterocycles. The first-order valence-electron chi connectivity index (χ1n) is 6.30. The lowest BCUT2D eigenvalue weighted by Gasteiger charge is -2.03. The number of fused-ring (bicyclic) bond motifs is 3. The van der Waals surface area contributed by atoms with E-state index < -0.39 is 5.97 Å². The first-order chi connectivity index (χ1) is 9.63. The summed E-state index contributed by atoms with van der Waals surface area (Å²) in [5.74, 6) is -0.516. The summed E-state index contributed by atoms with van der Waals surface area (Å²) >= 11 is 0. The second-order valence-corrected chi connectivity index (χ2v) is 4.40. The molecule has 3 aromatic rings. The molecule has 0 aliphatic heterocycles. The first-order valence-corrected chi connectivity index (χ1v) is 6.30. The van der Waals surface area contributed by atoms with E-state index in [1.807, 2.05) is 18.2 Å². The number of rotatable bonds is 2. The molecule has 6 heteroatoms. The van der Waals surface area contributed by atoms with E-state index in [0.29, 0.717) is 11.2 Å². The monoisotopic (exact) mass is 271 g/mol. The second-order valence-electron chi connectivity index (χ2n) is 4.40. The van der Waals surface area contributed by atoms with Gasteiger partial charge in [0.15, 0.2) is 5.69 Å². The molecule has 3 rings (SSSR count). The van der Waals surface area contributed by atoms with E-state index in [2.05, 4.69) is 9.97 Å². The number of imidazole rings is 1. The topological polar surface area (TPSA) is 76.5 Å². The van der Waals surface area contributed by atoms with Crippen molar-refractivity contribution in [2.24, 2.45) is 0 Å². The highest BCUT2D eigenvalue weighted by atomic mass is 16.5. The van der Waals surface area contributed by atoms with Crippen molar-refractivity contribution in [2.45, 2.75) is 13.8 Å². The van der Waals surface area contributed by atoms with Crippen molar-refractivity contribution in [3.8, 4) is 0 Å². The molecule has 0 aliphatic rings. The predicted molar refractivity (Wildman–Crippen MR) is 74.0 cm³/mol. The Labute approximate surface area is 114 Å². The third-order valence-electron chi connectivity index (χ3n) is 3.17. The molecule has 0 radical (unpaired) electrons. The van der Waals surface area contributed by atoms with Gasteiger partial charge in [0.05, 0.1) is 23.3 Å². The van der Waals surface area contributed by atoms with Gasteiger partial charge in [0.2, 0.25) is 5.65 Å². The number of para-hydroxylation sites is 2. The van der Waals surface area contributed by atoms with Crippen molar-refractivity contribution in [1.82, 2.24) is 14.4 Å². The number of aryl methyl sites for hydroxylation is 1. The number of carbonyl (C=O) groups excluding carboxylic acids is 1. The van der Waals surface area contributed by atoms with Gasteiger partial charge in [-0.05, 0) is 26.0 Å². The molecule has 0 spiro atoms. The number of esters is 1. The van der Waals surface area contributed by atoms with Crippen LogP contribution in [0, 0.1) is 6.92 Å². The zero-order valence-electron chi connectivity index (χ0n) is 11.1. The van der Waals surface area contributed by atoms with Crippen LogP contribution in [0.15, 0.2) is 29.1 Å². The molecule has 0 unspecified atom stereocenters. The molecule has 0 bridgehead atoms. The minimum atomic E-state index is -0.516. The van der Waals surface area contributed by atoms with Crippen LogP contribution in [0.2, 0.25) is 0 Å². The third-order valence-corrected chi connectivity index (χ3v) is 3.17. The number of hydrogen-bond donors (Lipinski definition) is 1. The molecule has 0 atom stereocenters. The molecule has 0 aliphatic carbocycles. The van der Waals surface area contributed by atoms with Crippen molar-refractivity contribution < 1.29 is 9.53 Å². The van der Waals surface area contributed by atoms with Gasteiger partial charge in [0, 0.05) is 0 Å². The van der Waals surface area contributed by atoms with E-state index in [-0.39, 0.29) is 23.5 Å². The number of hydrogen-bond acceptors (Lipinski definition) is 4. The normalized spacial score (nSPS) is 11.1. The van der Waals surface area contributed by atoms with Gasteiger partial charge < -0.3 is 9.72 Å². The van der Waals surface area contributed by atoms with Gasteiger partial charge in [0.1, 0.15) is 0 Å². The van der Waals surface area contributed by atoms with Gasteiger partial charge in [0.25, 0.3) is 5.56 Å². The summed E-state index contributed by atoms with van der Waals surface area (Å²) in [6.45, 7) is 3.74. The van der Waals surface area contributed by atoms with E-state index >= 15 is 0 Å². The molecule has 2 heterocycles. The number of H-pyrrole nitrogens is 1. The highest BCUT2D eigenvalue weighted by Crippen LogP contribution is 2.17. The van der Waals surface area contributed by atoms with Gasteiger partial charge in [-0.3, -0.25) is 9.20 Å². The van der Waals surface area contributed by atoms with Crippen LogP contribution in [-0.2, 0) is 4.74 Å². The molecular weight excluding hydrogens is 258 g/mol. The number of benzene rings is 1. The van der Waals surface area contributed by atoms with E-state index in [1.54, 1.807) is 24.3 Å². The summed E-state index contributed by atoms with van der Waals surface area (Å²) in [5.41, 5.74) is 2.13. The lowest BCUT2D eigenvalue weighted by atomic mass is 10.3. The minimum absolute atomic E-state index is 0.175. The van der Waals surface area contributed by atoms with Crippen LogP contribution < -0.4 is 5.56 Å². The van der Waals surface area contributed by atoms with Gasteiger partial charge in [-0.1, -0.05) is 12.1 Å². The Kier molecular flexibility index (Phi) is 2.78. The van der Waals surface area contributed by atoms with Crippen LogP contribution in [0.5, 0.6) is 0 Å². The van der Waals surface area contributed by atoms with Crippen LogP contribution >= 0.6 is 0 Å². The number of aromatic amines is 1. The fourth-order valence-electron chi connectivity index (χ4n) is 2.29. The van der Waals surface area contributed by atoms with Crippen LogP contribution in [0.1, 0.15) is 23.1 Å². The van der Waals surface area contributed by atoms with Crippen molar-refractivity contribution in [3.05, 3.63) is 46.0 Å². The molecule has 0 saturated carbocycles. The van der Waals surface area contributed by atoms with Crippen LogP contribution in [0.3, 0.4) is 0 Å². The lowest BCUT2D eigenvalue weighted by Crippen LogP contribution is -2.11. The molecular formula is C14H13N3O3. The molecule has 0 saturated heterocycles. The lowest BCUT2D eigenvalue weighted by molar-refractivity contribution is 0.0519. The Morgan fingerprint density at radius 1 is 1.40 bits per heavy atom. The molecule has 20 heavy (non-hydrogen) atoms. The highest BCUT2D eigenvalue weighted by molar-refractivity contribution is 5.90. The summed E-state index contributed by atoms with van der Waals surface area (Å²) in [4.78, 5) is 30.8. The van der Waals surface area contributed by atoms with Crippen molar-refractivity contribution in [1.29, 1.82) is 0 Å². The van der Waals surface area contributed by atoms with Crippen molar-refractivity contribution >= 4 is 22.6 Å². The number of carbonyl (C=O) groups is 1. The summed E-state index contributed by atoms with van der Waals surface area (Å²) in [6.07, 6.45) is 0. The van der Waals surface area contributed by atoms with E-state index in [9.17, 15) is 9.59 Å². The predicted octanol–water partition coefficient (Wildman–Crippen LogP) is 1.66. The van der Waals surface area contributed by atoms with E-state index in [4.69, 9.17) is 4.74 Å². The Balaban J connectivity index is 2.42. The van der Waals surface area contributed by atoms with Crippen molar-refractivity contribution in [3.63, 3.8) is 0 Å². The van der Waals surface area contributed by atoms with Gasteiger partial charge in [-0.15, -0.1) is 0 Å². The standard InChI is InChI=1S/C14H13N3O3/c1-3-20-14(19)11-8(2)17-10-7-5-4-6-9(10)15-13(18)12(17)16-11/h4-7H,3H2,1-2H3,(H,15,18). The quantitative estimate of drug-likeness (QED) is 0.719. The smallest absolute Gasteiger partial charge is 0.358 e. The Bertz CT molecular complexity index is 876. The maximum absolute atomic E-state index is 12.0. The molecule has 102 valence electrons. The van der Waals surface area contributed by atoms with Gasteiger partial charge in [-0.25, -0.2) is 9.78 Å². The summed E-state index contributed by atoms with van der Waals surface area (Å²) < 4.78 is 6.64. The number of nitrogens with one attached hydrogen (secondary N) is 1. The van der Waals surface area contributed by atoms with Crippen molar-refractivity contribution in [2.75, 3.05) is 6.61 Å². The largest absolute Gasteiger partial charge is 0.461 e. The molecule has 6 nitrogen and oxygen atoms in total.